The topological polar surface area (TPSA) is 132 Å². The van der Waals surface area contributed by atoms with Crippen molar-refractivity contribution in [2.24, 2.45) is 0 Å². The van der Waals surface area contributed by atoms with E-state index in [0.29, 0.717) is 11.0 Å². The molecule has 2 aromatic heterocycles. The fourth-order valence-electron chi connectivity index (χ4n) is 2.09. The van der Waals surface area contributed by atoms with Gasteiger partial charge < -0.3 is 31.0 Å². The second-order valence-corrected chi connectivity index (χ2v) is 4.58. The van der Waals surface area contributed by atoms with Gasteiger partial charge in [-0.25, -0.2) is 0 Å². The molecule has 0 fully saturated rings. The van der Waals surface area contributed by atoms with E-state index in [0.717, 1.165) is 0 Å². The average Bonchev–Trinajstić information content (AvgIpc) is 2.85. The number of nitrogens with two attached hydrogens (primary N) is 2. The van der Waals surface area contributed by atoms with Crippen molar-refractivity contribution in [2.75, 3.05) is 25.2 Å². The Morgan fingerprint density at radius 2 is 2.24 bits per heavy atom. The van der Waals surface area contributed by atoms with E-state index in [4.69, 9.17) is 22.6 Å². The third-order valence-corrected chi connectivity index (χ3v) is 3.42. The molecule has 8 nitrogen and oxygen atoms in total. The standard InChI is InChI=1S/C13H17N5O3/c1-3-13(7-19,21-2)9(20)6-18-5-4-8-10(14)16-12(15)17-11(8)18/h1,4-5,9,19-20H,6-7H2,2H3,(H4,14,15,16,17)/t9-,13+/m0/s1. The fourth-order valence-corrected chi connectivity index (χ4v) is 2.09. The van der Waals surface area contributed by atoms with Crippen LogP contribution in [-0.4, -0.2) is 50.2 Å². The monoisotopic (exact) mass is 291 g/mol. The van der Waals surface area contributed by atoms with Crippen LogP contribution in [0.15, 0.2) is 12.3 Å². The van der Waals surface area contributed by atoms with Gasteiger partial charge in [0.2, 0.25) is 5.95 Å². The van der Waals surface area contributed by atoms with Crippen LogP contribution in [0.3, 0.4) is 0 Å². The maximum absolute atomic E-state index is 10.3. The molecule has 0 saturated carbocycles. The first-order valence-corrected chi connectivity index (χ1v) is 6.17. The van der Waals surface area contributed by atoms with E-state index < -0.39 is 18.3 Å². The number of aliphatic hydroxyl groups excluding tert-OH is 2. The Labute approximate surface area is 121 Å². The molecule has 0 spiro atoms. The zero-order valence-corrected chi connectivity index (χ0v) is 11.5. The van der Waals surface area contributed by atoms with Crippen molar-refractivity contribution in [2.45, 2.75) is 18.2 Å². The number of hydrogen-bond donors (Lipinski definition) is 4. The summed E-state index contributed by atoms with van der Waals surface area (Å²) in [6, 6.07) is 1.71. The molecular weight excluding hydrogens is 274 g/mol. The minimum absolute atomic E-state index is 0.0338. The van der Waals surface area contributed by atoms with Crippen molar-refractivity contribution in [3.05, 3.63) is 12.3 Å². The summed E-state index contributed by atoms with van der Waals surface area (Å²) in [5, 5.41) is 20.3. The third kappa shape index (κ3) is 2.50. The van der Waals surface area contributed by atoms with Gasteiger partial charge in [-0.1, -0.05) is 5.92 Å². The van der Waals surface area contributed by atoms with Crippen LogP contribution < -0.4 is 11.5 Å². The normalized spacial score (nSPS) is 15.5. The predicted molar refractivity (Wildman–Crippen MR) is 78.0 cm³/mol. The van der Waals surface area contributed by atoms with Gasteiger partial charge in [0, 0.05) is 13.3 Å². The summed E-state index contributed by atoms with van der Waals surface area (Å²) in [6.45, 7) is -0.461. The van der Waals surface area contributed by atoms with Crippen LogP contribution in [0.2, 0.25) is 0 Å². The van der Waals surface area contributed by atoms with Gasteiger partial charge in [-0.3, -0.25) is 0 Å². The zero-order chi connectivity index (χ0) is 15.6. The number of fused-ring (bicyclic) bond motifs is 1. The third-order valence-electron chi connectivity index (χ3n) is 3.42. The Balaban J connectivity index is 2.39. The number of terminal acetylenes is 1. The number of rotatable bonds is 5. The summed E-state index contributed by atoms with van der Waals surface area (Å²) in [7, 11) is 1.32. The highest BCUT2D eigenvalue weighted by molar-refractivity contribution is 5.87. The van der Waals surface area contributed by atoms with E-state index in [9.17, 15) is 10.2 Å². The summed E-state index contributed by atoms with van der Waals surface area (Å²) in [5.41, 5.74) is 10.3. The highest BCUT2D eigenvalue weighted by Crippen LogP contribution is 2.22. The minimum Gasteiger partial charge on any atom is -0.392 e. The Kier molecular flexibility index (Phi) is 3.99. The summed E-state index contributed by atoms with van der Waals surface area (Å²) in [6.07, 6.45) is 5.88. The first-order valence-electron chi connectivity index (χ1n) is 6.17. The molecule has 8 heteroatoms. The summed E-state index contributed by atoms with van der Waals surface area (Å²) < 4.78 is 6.69. The van der Waals surface area contributed by atoms with Gasteiger partial charge in [-0.2, -0.15) is 9.97 Å². The summed E-state index contributed by atoms with van der Waals surface area (Å²) in [5.74, 6) is 2.57. The Morgan fingerprint density at radius 1 is 1.52 bits per heavy atom. The molecule has 0 aromatic carbocycles. The lowest BCUT2D eigenvalue weighted by Gasteiger charge is -2.30. The fraction of sp³-hybridized carbons (Fsp3) is 0.385. The first-order chi connectivity index (χ1) is 9.97. The van der Waals surface area contributed by atoms with Gasteiger partial charge in [0.25, 0.3) is 0 Å². The van der Waals surface area contributed by atoms with Gasteiger partial charge in [0.1, 0.15) is 17.6 Å². The predicted octanol–water partition coefficient (Wildman–Crippen LogP) is -1.03. The van der Waals surface area contributed by atoms with Gasteiger partial charge in [0.15, 0.2) is 5.60 Å². The zero-order valence-electron chi connectivity index (χ0n) is 11.5. The van der Waals surface area contributed by atoms with Gasteiger partial charge >= 0.3 is 0 Å². The lowest BCUT2D eigenvalue weighted by Crippen LogP contribution is -2.48. The largest absolute Gasteiger partial charge is 0.392 e. The molecule has 0 aliphatic heterocycles. The number of anilines is 2. The number of aliphatic hydroxyl groups is 2. The van der Waals surface area contributed by atoms with E-state index in [1.807, 2.05) is 0 Å². The van der Waals surface area contributed by atoms with Crippen molar-refractivity contribution in [3.63, 3.8) is 0 Å². The second kappa shape index (κ2) is 5.57. The van der Waals surface area contributed by atoms with Crippen LogP contribution in [0.25, 0.3) is 11.0 Å². The molecule has 0 amide bonds. The number of aromatic nitrogens is 3. The lowest BCUT2D eigenvalue weighted by atomic mass is 9.98. The highest BCUT2D eigenvalue weighted by atomic mass is 16.5. The molecule has 0 bridgehead atoms. The minimum atomic E-state index is -1.49. The van der Waals surface area contributed by atoms with Gasteiger partial charge in [0.05, 0.1) is 18.5 Å². The number of ether oxygens (including phenoxy) is 1. The number of methoxy groups -OCH3 is 1. The molecule has 2 rings (SSSR count). The molecule has 0 saturated heterocycles. The molecule has 2 aromatic rings. The van der Waals surface area contributed by atoms with Crippen molar-refractivity contribution < 1.29 is 14.9 Å². The van der Waals surface area contributed by atoms with E-state index in [-0.39, 0.29) is 18.3 Å². The summed E-state index contributed by atoms with van der Waals surface area (Å²) >= 11 is 0. The van der Waals surface area contributed by atoms with Gasteiger partial charge in [-0.05, 0) is 6.07 Å². The van der Waals surface area contributed by atoms with Crippen LogP contribution in [0.4, 0.5) is 11.8 Å². The SMILES string of the molecule is C#C[C@](CO)(OC)[C@@H](O)Cn1ccc2c(N)nc(N)nc21. The van der Waals surface area contributed by atoms with Crippen LogP contribution in [0.1, 0.15) is 0 Å². The van der Waals surface area contributed by atoms with Crippen LogP contribution >= 0.6 is 0 Å². The van der Waals surface area contributed by atoms with Crippen molar-refractivity contribution in [1.82, 2.24) is 14.5 Å². The molecule has 0 aliphatic carbocycles. The molecule has 6 N–H and O–H groups in total. The highest BCUT2D eigenvalue weighted by Gasteiger charge is 2.36. The lowest BCUT2D eigenvalue weighted by molar-refractivity contribution is -0.0947. The molecular formula is C13H17N5O3. The molecule has 112 valence electrons. The Bertz CT molecular complexity index is 687. The number of nitrogens with zero attached hydrogens (tertiary/aromatic N) is 3. The van der Waals surface area contributed by atoms with Crippen LogP contribution in [0, 0.1) is 12.3 Å². The first kappa shape index (κ1) is 15.1. The molecule has 0 unspecified atom stereocenters. The average molecular weight is 291 g/mol. The van der Waals surface area contributed by atoms with E-state index >= 15 is 0 Å². The van der Waals surface area contributed by atoms with Crippen molar-refractivity contribution in [3.8, 4) is 12.3 Å². The second-order valence-electron chi connectivity index (χ2n) is 4.58. The van der Waals surface area contributed by atoms with Crippen LogP contribution in [0.5, 0.6) is 0 Å². The molecule has 2 heterocycles. The van der Waals surface area contributed by atoms with Crippen molar-refractivity contribution in [1.29, 1.82) is 0 Å². The smallest absolute Gasteiger partial charge is 0.223 e. The quantitative estimate of drug-likeness (QED) is 0.517. The molecule has 21 heavy (non-hydrogen) atoms. The van der Waals surface area contributed by atoms with E-state index in [1.54, 1.807) is 16.8 Å². The number of hydrogen-bond acceptors (Lipinski definition) is 7. The Hall–Kier alpha value is -2.34. The van der Waals surface area contributed by atoms with Crippen LogP contribution in [-0.2, 0) is 11.3 Å². The van der Waals surface area contributed by atoms with Crippen molar-refractivity contribution >= 4 is 22.8 Å². The maximum atomic E-state index is 10.3. The van der Waals surface area contributed by atoms with E-state index in [2.05, 4.69) is 15.9 Å². The molecule has 0 aliphatic rings. The summed E-state index contributed by atoms with van der Waals surface area (Å²) in [4.78, 5) is 7.96. The molecule has 0 radical (unpaired) electrons. The number of nitrogen functional groups attached to an aromatic ring is 2. The van der Waals surface area contributed by atoms with Gasteiger partial charge in [-0.15, -0.1) is 6.42 Å². The Morgan fingerprint density at radius 3 is 2.81 bits per heavy atom. The van der Waals surface area contributed by atoms with E-state index in [1.165, 1.54) is 7.11 Å². The maximum Gasteiger partial charge on any atom is 0.223 e. The molecule has 2 atom stereocenters.